The monoisotopic (exact) mass is 414 g/mol. The maximum atomic E-state index is 12.8. The summed E-state index contributed by atoms with van der Waals surface area (Å²) >= 11 is 9.26. The molecule has 2 aromatic carbocycles. The second-order valence-corrected chi connectivity index (χ2v) is 8.48. The van der Waals surface area contributed by atoms with E-state index in [-0.39, 0.29) is 5.91 Å². The molecule has 4 nitrogen and oxygen atoms in total. The molecule has 0 spiro atoms. The first kappa shape index (κ1) is 18.0. The number of nitrogens with zero attached hydrogens (tertiary/aromatic N) is 1. The molecule has 2 aromatic heterocycles. The van der Waals surface area contributed by atoms with E-state index in [9.17, 15) is 4.79 Å². The van der Waals surface area contributed by atoms with Crippen LogP contribution in [-0.4, -0.2) is 18.0 Å². The molecule has 1 N–H and O–H groups in total. The number of aromatic nitrogens is 1. The highest BCUT2D eigenvalue weighted by molar-refractivity contribution is 7.22. The molecule has 0 bridgehead atoms. The summed E-state index contributed by atoms with van der Waals surface area (Å²) < 4.78 is 6.17. The highest BCUT2D eigenvalue weighted by Gasteiger charge is 2.19. The molecular weight excluding hydrogens is 400 g/mol. The fraction of sp³-hybridized carbons (Fsp3) is 0.100. The van der Waals surface area contributed by atoms with E-state index in [0.717, 1.165) is 26.2 Å². The normalized spacial score (nSPS) is 10.9. The van der Waals surface area contributed by atoms with Crippen LogP contribution in [-0.2, 0) is 0 Å². The molecule has 4 rings (SSSR count). The number of thiazole rings is 1. The van der Waals surface area contributed by atoms with Crippen molar-refractivity contribution in [1.82, 2.24) is 4.98 Å². The zero-order chi connectivity index (χ0) is 19.0. The van der Waals surface area contributed by atoms with Crippen LogP contribution in [0.25, 0.3) is 21.3 Å². The second-order valence-electron chi connectivity index (χ2n) is 5.85. The van der Waals surface area contributed by atoms with Gasteiger partial charge in [0, 0.05) is 20.5 Å². The largest absolute Gasteiger partial charge is 0.497 e. The van der Waals surface area contributed by atoms with E-state index in [2.05, 4.69) is 10.3 Å². The lowest BCUT2D eigenvalue weighted by Gasteiger charge is -2.00. The summed E-state index contributed by atoms with van der Waals surface area (Å²) in [6.45, 7) is 1.99. The summed E-state index contributed by atoms with van der Waals surface area (Å²) in [6.07, 6.45) is 0. The number of hydrogen-bond acceptors (Lipinski definition) is 5. The number of rotatable bonds is 4. The Balaban J connectivity index is 1.63. The molecule has 0 aliphatic carbocycles. The van der Waals surface area contributed by atoms with Crippen LogP contribution in [0.4, 0.5) is 5.13 Å². The van der Waals surface area contributed by atoms with Crippen molar-refractivity contribution in [2.45, 2.75) is 6.92 Å². The topological polar surface area (TPSA) is 51.2 Å². The smallest absolute Gasteiger partial charge is 0.269 e. The number of thiophene rings is 1. The molecule has 0 aliphatic rings. The number of aryl methyl sites for hydroxylation is 1. The van der Waals surface area contributed by atoms with Gasteiger partial charge in [0.1, 0.15) is 10.6 Å². The Morgan fingerprint density at radius 2 is 1.93 bits per heavy atom. The Hall–Kier alpha value is -2.41. The first-order valence-electron chi connectivity index (χ1n) is 8.17. The van der Waals surface area contributed by atoms with Crippen LogP contribution in [0.15, 0.2) is 48.5 Å². The van der Waals surface area contributed by atoms with Gasteiger partial charge in [0.05, 0.1) is 17.8 Å². The van der Waals surface area contributed by atoms with E-state index in [4.69, 9.17) is 16.3 Å². The van der Waals surface area contributed by atoms with Crippen molar-refractivity contribution >= 4 is 55.4 Å². The quantitative estimate of drug-likeness (QED) is 0.429. The molecule has 0 radical (unpaired) electrons. The third kappa shape index (κ3) is 3.43. The summed E-state index contributed by atoms with van der Waals surface area (Å²) in [4.78, 5) is 18.9. The molecule has 1 amide bonds. The maximum absolute atomic E-state index is 12.8. The number of carbonyl (C=O) groups is 1. The van der Waals surface area contributed by atoms with Crippen LogP contribution in [0, 0.1) is 6.92 Å². The number of benzene rings is 2. The van der Waals surface area contributed by atoms with Gasteiger partial charge in [-0.3, -0.25) is 10.1 Å². The van der Waals surface area contributed by atoms with Gasteiger partial charge < -0.3 is 4.74 Å². The summed E-state index contributed by atoms with van der Waals surface area (Å²) in [6, 6.07) is 15.5. The van der Waals surface area contributed by atoms with Gasteiger partial charge in [-0.1, -0.05) is 41.9 Å². The molecule has 2 heterocycles. The molecule has 0 unspecified atom stereocenters. The van der Waals surface area contributed by atoms with Crippen molar-refractivity contribution in [3.63, 3.8) is 0 Å². The minimum Gasteiger partial charge on any atom is -0.497 e. The Morgan fingerprint density at radius 1 is 1.15 bits per heavy atom. The van der Waals surface area contributed by atoms with Crippen molar-refractivity contribution < 1.29 is 9.53 Å². The van der Waals surface area contributed by atoms with Crippen molar-refractivity contribution in [3.8, 4) is 17.0 Å². The number of fused-ring (bicyclic) bond motifs is 1. The van der Waals surface area contributed by atoms with Gasteiger partial charge in [0.25, 0.3) is 5.91 Å². The molecule has 0 atom stereocenters. The lowest BCUT2D eigenvalue weighted by molar-refractivity contribution is 0.103. The van der Waals surface area contributed by atoms with Crippen LogP contribution in [0.1, 0.15) is 14.5 Å². The van der Waals surface area contributed by atoms with Crippen LogP contribution >= 0.6 is 34.3 Å². The SMILES string of the molecule is COc1ccc2sc(C(=O)Nc3nc(-c4ccccc4)c(C)s3)c(Cl)c2c1. The van der Waals surface area contributed by atoms with Crippen LogP contribution in [0.3, 0.4) is 0 Å². The minimum atomic E-state index is -0.256. The van der Waals surface area contributed by atoms with E-state index < -0.39 is 0 Å². The molecular formula is C20H15ClN2O2S2. The van der Waals surface area contributed by atoms with Crippen LogP contribution in [0.2, 0.25) is 5.02 Å². The summed E-state index contributed by atoms with van der Waals surface area (Å²) in [5, 5.41) is 4.69. The van der Waals surface area contributed by atoms with E-state index in [0.29, 0.717) is 20.8 Å². The second kappa shape index (κ2) is 7.31. The lowest BCUT2D eigenvalue weighted by Crippen LogP contribution is -2.10. The minimum absolute atomic E-state index is 0.256. The van der Waals surface area contributed by atoms with Gasteiger partial charge in [-0.05, 0) is 25.1 Å². The number of amides is 1. The van der Waals surface area contributed by atoms with E-state index in [1.807, 2.05) is 55.5 Å². The number of nitrogens with one attached hydrogen (secondary N) is 1. The van der Waals surface area contributed by atoms with Crippen molar-refractivity contribution in [1.29, 1.82) is 0 Å². The number of hydrogen-bond donors (Lipinski definition) is 1. The molecule has 7 heteroatoms. The molecule has 27 heavy (non-hydrogen) atoms. The molecule has 0 aliphatic heterocycles. The lowest BCUT2D eigenvalue weighted by atomic mass is 10.1. The van der Waals surface area contributed by atoms with Crippen LogP contribution in [0.5, 0.6) is 5.75 Å². The van der Waals surface area contributed by atoms with E-state index in [1.54, 1.807) is 7.11 Å². The predicted octanol–water partition coefficient (Wildman–Crippen LogP) is 6.25. The van der Waals surface area contributed by atoms with Crippen molar-refractivity contribution in [2.24, 2.45) is 0 Å². The first-order valence-corrected chi connectivity index (χ1v) is 10.2. The number of halogens is 1. The predicted molar refractivity (Wildman–Crippen MR) is 114 cm³/mol. The van der Waals surface area contributed by atoms with Gasteiger partial charge in [-0.15, -0.1) is 22.7 Å². The van der Waals surface area contributed by atoms with Gasteiger partial charge in [-0.25, -0.2) is 4.98 Å². The van der Waals surface area contributed by atoms with Gasteiger partial charge in [-0.2, -0.15) is 0 Å². The maximum Gasteiger partial charge on any atom is 0.269 e. The number of ether oxygens (including phenoxy) is 1. The summed E-state index contributed by atoms with van der Waals surface area (Å²) in [7, 11) is 1.60. The Morgan fingerprint density at radius 3 is 2.67 bits per heavy atom. The van der Waals surface area contributed by atoms with E-state index in [1.165, 1.54) is 22.7 Å². The van der Waals surface area contributed by atoms with Crippen molar-refractivity contribution in [2.75, 3.05) is 12.4 Å². The highest BCUT2D eigenvalue weighted by atomic mass is 35.5. The van der Waals surface area contributed by atoms with Gasteiger partial charge in [0.15, 0.2) is 5.13 Å². The Labute approximate surface area is 169 Å². The zero-order valence-electron chi connectivity index (χ0n) is 14.6. The first-order chi connectivity index (χ1) is 13.1. The van der Waals surface area contributed by atoms with Gasteiger partial charge in [0.2, 0.25) is 0 Å². The number of methoxy groups -OCH3 is 1. The summed E-state index contributed by atoms with van der Waals surface area (Å²) in [5.74, 6) is 0.450. The Bertz CT molecular complexity index is 1140. The molecule has 136 valence electrons. The standard InChI is InChI=1S/C20H15ClN2O2S2/c1-11-17(12-6-4-3-5-7-12)22-20(26-11)23-19(24)18-16(21)14-10-13(25-2)8-9-15(14)27-18/h3-10H,1-2H3,(H,22,23,24). The third-order valence-corrected chi connectivity index (χ3v) is 6.67. The van der Waals surface area contributed by atoms with E-state index >= 15 is 0 Å². The Kier molecular flexibility index (Phi) is 4.86. The average Bonchev–Trinajstić information content (AvgIpc) is 3.22. The number of carbonyl (C=O) groups excluding carboxylic acids is 1. The molecule has 0 saturated heterocycles. The number of anilines is 1. The third-order valence-electron chi connectivity index (χ3n) is 4.11. The fourth-order valence-corrected chi connectivity index (χ4v) is 5.00. The summed E-state index contributed by atoms with van der Waals surface area (Å²) in [5.41, 5.74) is 1.90. The fourth-order valence-electron chi connectivity index (χ4n) is 2.79. The van der Waals surface area contributed by atoms with Gasteiger partial charge >= 0.3 is 0 Å². The molecule has 0 saturated carbocycles. The van der Waals surface area contributed by atoms with Crippen molar-refractivity contribution in [3.05, 3.63) is 63.3 Å². The molecule has 0 fully saturated rings. The van der Waals surface area contributed by atoms with Crippen LogP contribution < -0.4 is 10.1 Å². The average molecular weight is 415 g/mol. The zero-order valence-corrected chi connectivity index (χ0v) is 17.0. The highest BCUT2D eigenvalue weighted by Crippen LogP contribution is 2.38. The molecule has 4 aromatic rings.